The van der Waals surface area contributed by atoms with E-state index in [0.29, 0.717) is 0 Å². The van der Waals surface area contributed by atoms with E-state index in [1.807, 2.05) is 0 Å². The van der Waals surface area contributed by atoms with Gasteiger partial charge in [0.05, 0.1) is 0 Å². The fourth-order valence-electron chi connectivity index (χ4n) is 1.60. The minimum absolute atomic E-state index is 1.22. The molecule has 0 aromatic heterocycles. The van der Waals surface area contributed by atoms with Crippen LogP contribution in [0.3, 0.4) is 0 Å². The van der Waals surface area contributed by atoms with Crippen LogP contribution in [0.5, 0.6) is 0 Å². The van der Waals surface area contributed by atoms with E-state index in [-0.39, 0.29) is 0 Å². The van der Waals surface area contributed by atoms with Crippen LogP contribution in [0.1, 0.15) is 0 Å². The lowest BCUT2D eigenvalue weighted by Gasteiger charge is -2.08. The maximum atomic E-state index is 2.75. The van der Waals surface area contributed by atoms with Crippen molar-refractivity contribution in [2.24, 2.45) is 0 Å². The van der Waals surface area contributed by atoms with Crippen molar-refractivity contribution in [2.45, 2.75) is 0 Å². The average molecular weight is 376 g/mol. The van der Waals surface area contributed by atoms with E-state index in [0.717, 1.165) is 0 Å². The first kappa shape index (κ1) is 12.9. The van der Waals surface area contributed by atoms with E-state index in [2.05, 4.69) is 86.7 Å². The Kier molecular flexibility index (Phi) is 4.36. The molecule has 0 heterocycles. The highest BCUT2D eigenvalue weighted by atomic mass is 127. The molecule has 0 spiro atoms. The third kappa shape index (κ3) is 3.02. The normalized spacial score (nSPS) is 10.5. The molecule has 0 aliphatic rings. The number of halogens is 1. The van der Waals surface area contributed by atoms with E-state index < -0.39 is 0 Å². The van der Waals surface area contributed by atoms with Crippen molar-refractivity contribution in [3.05, 3.63) is 40.0 Å². The number of hydrogen-bond acceptors (Lipinski definition) is 0. The molecule has 3 atom stereocenters. The van der Waals surface area contributed by atoms with Gasteiger partial charge in [-0.1, -0.05) is 12.1 Å². The molecule has 2 aromatic rings. The van der Waals surface area contributed by atoms with Crippen molar-refractivity contribution in [2.75, 3.05) is 0 Å². The Morgan fingerprint density at radius 3 is 1.94 bits per heavy atom. The summed E-state index contributed by atoms with van der Waals surface area (Å²) in [4.78, 5) is 0. The van der Waals surface area contributed by atoms with Gasteiger partial charge in [0.25, 0.3) is 0 Å². The molecule has 0 bridgehead atoms. The summed E-state index contributed by atoms with van der Waals surface area (Å²) in [5, 5.41) is 3.66. The van der Waals surface area contributed by atoms with Gasteiger partial charge in [-0.25, -0.2) is 0 Å². The molecule has 2 aromatic carbocycles. The van der Waals surface area contributed by atoms with Crippen molar-refractivity contribution in [1.82, 2.24) is 0 Å². The van der Waals surface area contributed by atoms with E-state index in [1.54, 1.807) is 0 Å². The molecule has 0 aliphatic carbocycles. The lowest BCUT2D eigenvalue weighted by molar-refractivity contribution is 1.64. The minimum Gasteiger partial charge on any atom is -0.106 e. The SMILES string of the molecule is Pc1cc(P)cc(-c2ccc(P)cc2I)c1. The molecule has 0 saturated carbocycles. The van der Waals surface area contributed by atoms with E-state index in [9.17, 15) is 0 Å². The lowest BCUT2D eigenvalue weighted by atomic mass is 10.1. The fourth-order valence-corrected chi connectivity index (χ4v) is 3.99. The van der Waals surface area contributed by atoms with Gasteiger partial charge in [0.15, 0.2) is 0 Å². The second kappa shape index (κ2) is 5.40. The summed E-state index contributed by atoms with van der Waals surface area (Å²) >= 11 is 2.39. The van der Waals surface area contributed by atoms with E-state index in [1.165, 1.54) is 30.6 Å². The molecule has 2 rings (SSSR count). The quantitative estimate of drug-likeness (QED) is 0.530. The third-order valence-corrected chi connectivity index (χ3v) is 4.20. The Morgan fingerprint density at radius 2 is 1.38 bits per heavy atom. The van der Waals surface area contributed by atoms with Crippen LogP contribution in [-0.4, -0.2) is 0 Å². The highest BCUT2D eigenvalue weighted by Gasteiger charge is 2.04. The molecular formula is C12H12IP3. The third-order valence-electron chi connectivity index (χ3n) is 2.28. The van der Waals surface area contributed by atoms with Crippen LogP contribution < -0.4 is 15.9 Å². The maximum absolute atomic E-state index is 2.75. The van der Waals surface area contributed by atoms with E-state index >= 15 is 0 Å². The molecule has 16 heavy (non-hydrogen) atoms. The van der Waals surface area contributed by atoms with Crippen LogP contribution >= 0.6 is 50.3 Å². The summed E-state index contributed by atoms with van der Waals surface area (Å²) in [6.45, 7) is 0. The van der Waals surface area contributed by atoms with Crippen LogP contribution in [0.4, 0.5) is 0 Å². The zero-order chi connectivity index (χ0) is 11.7. The predicted molar refractivity (Wildman–Crippen MR) is 92.6 cm³/mol. The summed E-state index contributed by atoms with van der Waals surface area (Å²) in [7, 11) is 8.24. The molecule has 0 fully saturated rings. The number of benzene rings is 2. The molecule has 3 unspecified atom stereocenters. The predicted octanol–water partition coefficient (Wildman–Crippen LogP) is 2.46. The van der Waals surface area contributed by atoms with Gasteiger partial charge in [0, 0.05) is 3.57 Å². The van der Waals surface area contributed by atoms with Gasteiger partial charge in [0.2, 0.25) is 0 Å². The first-order valence-corrected chi connectivity index (χ1v) is 7.59. The highest BCUT2D eigenvalue weighted by molar-refractivity contribution is 14.1. The minimum atomic E-state index is 1.22. The Hall–Kier alpha value is 0.460. The molecule has 0 aliphatic heterocycles. The van der Waals surface area contributed by atoms with Gasteiger partial charge in [0.1, 0.15) is 0 Å². The van der Waals surface area contributed by atoms with Crippen LogP contribution in [0.15, 0.2) is 36.4 Å². The molecular weight excluding hydrogens is 364 g/mol. The number of rotatable bonds is 1. The highest BCUT2D eigenvalue weighted by Crippen LogP contribution is 2.24. The Labute approximate surface area is 117 Å². The van der Waals surface area contributed by atoms with Gasteiger partial charge in [-0.2, -0.15) is 0 Å². The largest absolute Gasteiger partial charge is 0.106 e. The van der Waals surface area contributed by atoms with Crippen molar-refractivity contribution in [1.29, 1.82) is 0 Å². The summed E-state index contributed by atoms with van der Waals surface area (Å²) < 4.78 is 1.28. The van der Waals surface area contributed by atoms with E-state index in [4.69, 9.17) is 0 Å². The lowest BCUT2D eigenvalue weighted by Crippen LogP contribution is -2.02. The molecule has 0 saturated heterocycles. The Bertz CT molecular complexity index is 518. The van der Waals surface area contributed by atoms with Gasteiger partial charge in [-0.3, -0.25) is 0 Å². The van der Waals surface area contributed by atoms with Gasteiger partial charge in [-0.15, -0.1) is 27.7 Å². The molecule has 0 radical (unpaired) electrons. The summed E-state index contributed by atoms with van der Waals surface area (Å²) in [6, 6.07) is 13.0. The molecule has 82 valence electrons. The summed E-state index contributed by atoms with van der Waals surface area (Å²) in [5.41, 5.74) is 2.56. The summed E-state index contributed by atoms with van der Waals surface area (Å²) in [6.07, 6.45) is 0. The molecule has 0 N–H and O–H groups in total. The fraction of sp³-hybridized carbons (Fsp3) is 0. The zero-order valence-electron chi connectivity index (χ0n) is 8.57. The monoisotopic (exact) mass is 376 g/mol. The molecule has 0 amide bonds. The maximum Gasteiger partial charge on any atom is 0.0214 e. The van der Waals surface area contributed by atoms with Crippen LogP contribution in [0, 0.1) is 3.57 Å². The second-order valence-corrected chi connectivity index (χ2v) is 6.79. The molecule has 4 heteroatoms. The smallest absolute Gasteiger partial charge is 0.0214 e. The zero-order valence-corrected chi connectivity index (χ0v) is 14.2. The van der Waals surface area contributed by atoms with Crippen molar-refractivity contribution < 1.29 is 0 Å². The van der Waals surface area contributed by atoms with Crippen LogP contribution in [-0.2, 0) is 0 Å². The van der Waals surface area contributed by atoms with Gasteiger partial charge in [-0.05, 0) is 73.9 Å². The van der Waals surface area contributed by atoms with Crippen LogP contribution in [0.2, 0.25) is 0 Å². The first-order valence-electron chi connectivity index (χ1n) is 4.78. The number of hydrogen-bond donors (Lipinski definition) is 0. The average Bonchev–Trinajstić information content (AvgIpc) is 2.15. The van der Waals surface area contributed by atoms with Crippen molar-refractivity contribution in [3.63, 3.8) is 0 Å². The second-order valence-electron chi connectivity index (χ2n) is 3.63. The topological polar surface area (TPSA) is 0 Å². The van der Waals surface area contributed by atoms with Gasteiger partial charge >= 0.3 is 0 Å². The van der Waals surface area contributed by atoms with Crippen molar-refractivity contribution in [3.8, 4) is 11.1 Å². The van der Waals surface area contributed by atoms with Gasteiger partial charge < -0.3 is 0 Å². The Morgan fingerprint density at radius 1 is 0.750 bits per heavy atom. The summed E-state index contributed by atoms with van der Waals surface area (Å²) in [5.74, 6) is 0. The molecule has 0 nitrogen and oxygen atoms in total. The van der Waals surface area contributed by atoms with Crippen molar-refractivity contribution >= 4 is 66.2 Å². The van der Waals surface area contributed by atoms with Crippen LogP contribution in [0.25, 0.3) is 11.1 Å². The Balaban J connectivity index is 2.58. The first-order chi connectivity index (χ1) is 7.56. The standard InChI is InChI=1S/C12H12IP3/c13-12-6-8(14)1-2-11(12)7-3-9(15)5-10(16)4-7/h1-6H,14-16H2.